The summed E-state index contributed by atoms with van der Waals surface area (Å²) in [5.74, 6) is 0.136. The molecule has 1 heterocycles. The van der Waals surface area contributed by atoms with Crippen LogP contribution < -0.4 is 5.73 Å². The quantitative estimate of drug-likeness (QED) is 0.732. The first-order valence-electron chi connectivity index (χ1n) is 9.95. The van der Waals surface area contributed by atoms with E-state index in [2.05, 4.69) is 0 Å². The van der Waals surface area contributed by atoms with Crippen LogP contribution in [-0.2, 0) is 21.2 Å². The number of carbonyl (C=O) groups excluding carboxylic acids is 1. The van der Waals surface area contributed by atoms with E-state index in [0.29, 0.717) is 30.8 Å². The lowest BCUT2D eigenvalue weighted by Gasteiger charge is -2.38. The Morgan fingerprint density at radius 3 is 2.41 bits per heavy atom. The molecule has 6 nitrogen and oxygen atoms in total. The summed E-state index contributed by atoms with van der Waals surface area (Å²) in [6, 6.07) is 7.01. The summed E-state index contributed by atoms with van der Waals surface area (Å²) in [5, 5.41) is 0. The zero-order valence-electron chi connectivity index (χ0n) is 16.7. The summed E-state index contributed by atoms with van der Waals surface area (Å²) in [4.78, 5) is 14.9. The first kappa shape index (κ1) is 21.9. The Balaban J connectivity index is 1.99. The summed E-state index contributed by atoms with van der Waals surface area (Å²) < 4.78 is 26.5. The summed E-state index contributed by atoms with van der Waals surface area (Å²) in [5.41, 5.74) is 7.02. The fraction of sp³-hybridized carbons (Fsp3) is 0.650. The SMILES string of the molecule is CCN(CC)S(=O)(=O)c1ccc(CCC(=O)N2CCCCC2C(C)N)cc1. The highest BCUT2D eigenvalue weighted by Crippen LogP contribution is 2.21. The Kier molecular flexibility index (Phi) is 7.82. The fourth-order valence-corrected chi connectivity index (χ4v) is 5.21. The monoisotopic (exact) mass is 395 g/mol. The van der Waals surface area contributed by atoms with Crippen LogP contribution >= 0.6 is 0 Å². The average molecular weight is 396 g/mol. The van der Waals surface area contributed by atoms with Gasteiger partial charge in [-0.05, 0) is 50.3 Å². The highest BCUT2D eigenvalue weighted by atomic mass is 32.2. The van der Waals surface area contributed by atoms with Crippen LogP contribution in [0.2, 0.25) is 0 Å². The molecule has 0 aliphatic carbocycles. The van der Waals surface area contributed by atoms with Gasteiger partial charge >= 0.3 is 0 Å². The van der Waals surface area contributed by atoms with Crippen molar-refractivity contribution in [3.8, 4) is 0 Å². The molecule has 2 atom stereocenters. The molecule has 0 aromatic heterocycles. The smallest absolute Gasteiger partial charge is 0.243 e. The number of hydrogen-bond donors (Lipinski definition) is 1. The van der Waals surface area contributed by atoms with Gasteiger partial charge < -0.3 is 10.6 Å². The van der Waals surface area contributed by atoms with E-state index in [-0.39, 0.29) is 18.0 Å². The molecule has 7 heteroatoms. The third-order valence-electron chi connectivity index (χ3n) is 5.37. The number of likely N-dealkylation sites (tertiary alicyclic amines) is 1. The molecular weight excluding hydrogens is 362 g/mol. The minimum atomic E-state index is -3.44. The number of aryl methyl sites for hydroxylation is 1. The number of hydrogen-bond acceptors (Lipinski definition) is 4. The lowest BCUT2D eigenvalue weighted by Crippen LogP contribution is -2.51. The van der Waals surface area contributed by atoms with E-state index in [1.165, 1.54) is 4.31 Å². The van der Waals surface area contributed by atoms with Crippen molar-refractivity contribution in [3.63, 3.8) is 0 Å². The van der Waals surface area contributed by atoms with Gasteiger partial charge in [0.15, 0.2) is 0 Å². The van der Waals surface area contributed by atoms with Gasteiger partial charge in [-0.25, -0.2) is 8.42 Å². The highest BCUT2D eigenvalue weighted by Gasteiger charge is 2.28. The van der Waals surface area contributed by atoms with E-state index >= 15 is 0 Å². The van der Waals surface area contributed by atoms with Gasteiger partial charge in [0.2, 0.25) is 15.9 Å². The Hall–Kier alpha value is -1.44. The normalized spacial score (nSPS) is 19.3. The van der Waals surface area contributed by atoms with Crippen molar-refractivity contribution in [1.82, 2.24) is 9.21 Å². The van der Waals surface area contributed by atoms with Gasteiger partial charge in [0.25, 0.3) is 0 Å². The lowest BCUT2D eigenvalue weighted by molar-refractivity contribution is -0.135. The average Bonchev–Trinajstić information content (AvgIpc) is 2.67. The van der Waals surface area contributed by atoms with Crippen molar-refractivity contribution in [2.24, 2.45) is 5.73 Å². The van der Waals surface area contributed by atoms with E-state index in [1.807, 2.05) is 37.8 Å². The Bertz CT molecular complexity index is 712. The van der Waals surface area contributed by atoms with Gasteiger partial charge in [0.05, 0.1) is 4.90 Å². The molecule has 2 N–H and O–H groups in total. The van der Waals surface area contributed by atoms with Crippen LogP contribution in [-0.4, -0.2) is 55.2 Å². The number of nitrogens with zero attached hydrogens (tertiary/aromatic N) is 2. The molecule has 1 aliphatic rings. The number of carbonyl (C=O) groups is 1. The molecule has 0 saturated carbocycles. The first-order valence-corrected chi connectivity index (χ1v) is 11.4. The Labute approximate surface area is 163 Å². The lowest BCUT2D eigenvalue weighted by atomic mass is 9.96. The van der Waals surface area contributed by atoms with Crippen LogP contribution in [0.25, 0.3) is 0 Å². The second-order valence-electron chi connectivity index (χ2n) is 7.24. The molecular formula is C20H33N3O3S. The topological polar surface area (TPSA) is 83.7 Å². The number of piperidine rings is 1. The van der Waals surface area contributed by atoms with Crippen molar-refractivity contribution in [2.45, 2.75) is 69.9 Å². The van der Waals surface area contributed by atoms with Crippen LogP contribution in [0, 0.1) is 0 Å². The number of amides is 1. The molecule has 1 amide bonds. The molecule has 1 fully saturated rings. The van der Waals surface area contributed by atoms with E-state index in [0.717, 1.165) is 31.4 Å². The maximum atomic E-state index is 12.6. The van der Waals surface area contributed by atoms with Gasteiger partial charge in [-0.1, -0.05) is 26.0 Å². The summed E-state index contributed by atoms with van der Waals surface area (Å²) >= 11 is 0. The third kappa shape index (κ3) is 5.30. The molecule has 0 radical (unpaired) electrons. The molecule has 1 aliphatic heterocycles. The van der Waals surface area contributed by atoms with Gasteiger partial charge in [0.1, 0.15) is 0 Å². The maximum absolute atomic E-state index is 12.6. The van der Waals surface area contributed by atoms with E-state index in [1.54, 1.807) is 12.1 Å². The fourth-order valence-electron chi connectivity index (χ4n) is 3.75. The van der Waals surface area contributed by atoms with Crippen LogP contribution in [0.4, 0.5) is 0 Å². The summed E-state index contributed by atoms with van der Waals surface area (Å²) in [7, 11) is -3.44. The largest absolute Gasteiger partial charge is 0.338 e. The first-order chi connectivity index (χ1) is 12.8. The Morgan fingerprint density at radius 2 is 1.85 bits per heavy atom. The number of rotatable bonds is 8. The molecule has 0 spiro atoms. The van der Waals surface area contributed by atoms with Crippen molar-refractivity contribution in [1.29, 1.82) is 0 Å². The zero-order chi connectivity index (χ0) is 20.0. The van der Waals surface area contributed by atoms with Crippen molar-refractivity contribution >= 4 is 15.9 Å². The van der Waals surface area contributed by atoms with Crippen LogP contribution in [0.1, 0.15) is 52.0 Å². The number of nitrogens with two attached hydrogens (primary N) is 1. The second-order valence-corrected chi connectivity index (χ2v) is 9.18. The van der Waals surface area contributed by atoms with E-state index in [9.17, 15) is 13.2 Å². The van der Waals surface area contributed by atoms with Gasteiger partial charge in [-0.15, -0.1) is 0 Å². The third-order valence-corrected chi connectivity index (χ3v) is 7.43. The predicted octanol–water partition coefficient (Wildman–Crippen LogP) is 2.38. The van der Waals surface area contributed by atoms with Crippen molar-refractivity contribution < 1.29 is 13.2 Å². The molecule has 2 unspecified atom stereocenters. The minimum absolute atomic E-state index is 0.0150. The molecule has 2 rings (SSSR count). The van der Waals surface area contributed by atoms with Crippen molar-refractivity contribution in [3.05, 3.63) is 29.8 Å². The standard InChI is InChI=1S/C20H33N3O3S/c1-4-22(5-2)27(25,26)18-12-9-17(10-13-18)11-14-20(24)23-15-7-6-8-19(23)16(3)21/h9-10,12-13,16,19H,4-8,11,14-15,21H2,1-3H3. The molecule has 1 aromatic carbocycles. The van der Waals surface area contributed by atoms with Crippen LogP contribution in [0.5, 0.6) is 0 Å². The van der Waals surface area contributed by atoms with Gasteiger partial charge in [-0.2, -0.15) is 4.31 Å². The minimum Gasteiger partial charge on any atom is -0.338 e. The van der Waals surface area contributed by atoms with E-state index < -0.39 is 10.0 Å². The molecule has 27 heavy (non-hydrogen) atoms. The molecule has 1 aromatic rings. The molecule has 0 bridgehead atoms. The number of benzene rings is 1. The summed E-state index contributed by atoms with van der Waals surface area (Å²) in [6.07, 6.45) is 4.16. The molecule has 152 valence electrons. The predicted molar refractivity (Wildman–Crippen MR) is 108 cm³/mol. The highest BCUT2D eigenvalue weighted by molar-refractivity contribution is 7.89. The molecule has 1 saturated heterocycles. The second kappa shape index (κ2) is 9.66. The van der Waals surface area contributed by atoms with Crippen molar-refractivity contribution in [2.75, 3.05) is 19.6 Å². The van der Waals surface area contributed by atoms with Gasteiger partial charge in [0, 0.05) is 38.1 Å². The van der Waals surface area contributed by atoms with Gasteiger partial charge in [-0.3, -0.25) is 4.79 Å². The Morgan fingerprint density at radius 1 is 1.22 bits per heavy atom. The maximum Gasteiger partial charge on any atom is 0.243 e. The summed E-state index contributed by atoms with van der Waals surface area (Å²) in [6.45, 7) is 7.31. The zero-order valence-corrected chi connectivity index (χ0v) is 17.5. The number of sulfonamides is 1. The van der Waals surface area contributed by atoms with Crippen LogP contribution in [0.3, 0.4) is 0 Å². The van der Waals surface area contributed by atoms with E-state index in [4.69, 9.17) is 5.73 Å². The van der Waals surface area contributed by atoms with Crippen LogP contribution in [0.15, 0.2) is 29.2 Å².